The van der Waals surface area contributed by atoms with Gasteiger partial charge in [-0.15, -0.1) is 0 Å². The number of carbonyl (C=O) groups excluding carboxylic acids is 1. The van der Waals surface area contributed by atoms with E-state index in [1.165, 1.54) is 0 Å². The first-order valence-corrected chi connectivity index (χ1v) is 5.72. The first-order chi connectivity index (χ1) is 7.24. The van der Waals surface area contributed by atoms with Crippen LogP contribution in [0.1, 0.15) is 45.4 Å². The van der Waals surface area contributed by atoms with Gasteiger partial charge in [0, 0.05) is 25.3 Å². The summed E-state index contributed by atoms with van der Waals surface area (Å²) in [6.07, 6.45) is 5.88. The lowest BCUT2D eigenvalue weighted by Gasteiger charge is -2.18. The zero-order chi connectivity index (χ0) is 10.7. The largest absolute Gasteiger partial charge is 0.392 e. The van der Waals surface area contributed by atoms with Gasteiger partial charge in [-0.05, 0) is 19.8 Å². The van der Waals surface area contributed by atoms with Crippen molar-refractivity contribution in [1.82, 2.24) is 5.32 Å². The Kier molecular flexibility index (Phi) is 3.23. The predicted molar refractivity (Wildman–Crippen MR) is 57.6 cm³/mol. The molecule has 2 rings (SSSR count). The van der Waals surface area contributed by atoms with Crippen molar-refractivity contribution in [3.05, 3.63) is 0 Å². The molecule has 0 aromatic heterocycles. The molecule has 0 radical (unpaired) electrons. The second kappa shape index (κ2) is 4.64. The Bertz CT molecular complexity index is 276. The van der Waals surface area contributed by atoms with E-state index in [2.05, 4.69) is 10.5 Å². The molecule has 0 aromatic rings. The molecule has 0 spiro atoms. The minimum atomic E-state index is 0.174. The van der Waals surface area contributed by atoms with E-state index in [1.54, 1.807) is 0 Å². The van der Waals surface area contributed by atoms with Gasteiger partial charge >= 0.3 is 0 Å². The fraction of sp³-hybridized carbons (Fsp3) is 0.818. The highest BCUT2D eigenvalue weighted by Crippen LogP contribution is 2.19. The molecule has 1 saturated heterocycles. The van der Waals surface area contributed by atoms with Crippen LogP contribution in [0.3, 0.4) is 0 Å². The summed E-state index contributed by atoms with van der Waals surface area (Å²) in [6, 6.07) is 0.283. The quantitative estimate of drug-likeness (QED) is 0.752. The summed E-state index contributed by atoms with van der Waals surface area (Å²) in [4.78, 5) is 16.6. The Morgan fingerprint density at radius 3 is 3.13 bits per heavy atom. The summed E-state index contributed by atoms with van der Waals surface area (Å²) in [5.74, 6) is 0.188. The highest BCUT2D eigenvalue weighted by molar-refractivity contribution is 5.82. The lowest BCUT2D eigenvalue weighted by atomic mass is 10.0. The molecule has 0 bridgehead atoms. The van der Waals surface area contributed by atoms with Crippen molar-refractivity contribution >= 4 is 11.6 Å². The SMILES string of the molecule is CC1=NOC(CC2CCCCC(=O)N2)C1. The second-order valence-corrected chi connectivity index (χ2v) is 4.50. The molecule has 0 aromatic carbocycles. The first-order valence-electron chi connectivity index (χ1n) is 5.72. The average Bonchev–Trinajstić information content (AvgIpc) is 2.46. The van der Waals surface area contributed by atoms with Crippen molar-refractivity contribution in [2.24, 2.45) is 5.16 Å². The van der Waals surface area contributed by atoms with Crippen molar-refractivity contribution in [3.8, 4) is 0 Å². The molecule has 1 fully saturated rings. The molecule has 2 heterocycles. The van der Waals surface area contributed by atoms with Crippen molar-refractivity contribution in [2.75, 3.05) is 0 Å². The Morgan fingerprint density at radius 1 is 1.53 bits per heavy atom. The molecular weight excluding hydrogens is 192 g/mol. The van der Waals surface area contributed by atoms with Crippen LogP contribution in [0.5, 0.6) is 0 Å². The van der Waals surface area contributed by atoms with E-state index in [9.17, 15) is 4.79 Å². The molecule has 4 nitrogen and oxygen atoms in total. The minimum absolute atomic E-state index is 0.174. The Labute approximate surface area is 90.1 Å². The maximum Gasteiger partial charge on any atom is 0.220 e. The molecular formula is C11H18N2O2. The zero-order valence-electron chi connectivity index (χ0n) is 9.16. The molecule has 2 atom stereocenters. The van der Waals surface area contributed by atoms with Crippen molar-refractivity contribution in [2.45, 2.75) is 57.6 Å². The molecule has 15 heavy (non-hydrogen) atoms. The summed E-state index contributed by atoms with van der Waals surface area (Å²) in [6.45, 7) is 1.98. The van der Waals surface area contributed by atoms with Crippen LogP contribution in [0, 0.1) is 0 Å². The van der Waals surface area contributed by atoms with E-state index in [0.717, 1.165) is 37.8 Å². The van der Waals surface area contributed by atoms with Gasteiger partial charge in [0.15, 0.2) is 0 Å². The molecule has 84 valence electrons. The van der Waals surface area contributed by atoms with Crippen LogP contribution in [-0.2, 0) is 9.63 Å². The Hall–Kier alpha value is -1.06. The second-order valence-electron chi connectivity index (χ2n) is 4.50. The lowest BCUT2D eigenvalue weighted by Crippen LogP contribution is -2.35. The lowest BCUT2D eigenvalue weighted by molar-refractivity contribution is -0.121. The van der Waals surface area contributed by atoms with Gasteiger partial charge in [0.1, 0.15) is 6.10 Å². The zero-order valence-corrected chi connectivity index (χ0v) is 9.16. The Morgan fingerprint density at radius 2 is 2.40 bits per heavy atom. The van der Waals surface area contributed by atoms with Crippen LogP contribution in [0.15, 0.2) is 5.16 Å². The van der Waals surface area contributed by atoms with Crippen molar-refractivity contribution in [3.63, 3.8) is 0 Å². The number of nitrogens with zero attached hydrogens (tertiary/aromatic N) is 1. The van der Waals surface area contributed by atoms with Crippen molar-refractivity contribution in [1.29, 1.82) is 0 Å². The first kappa shape index (κ1) is 10.5. The molecule has 4 heteroatoms. The fourth-order valence-corrected chi connectivity index (χ4v) is 2.24. The number of carbonyl (C=O) groups is 1. The average molecular weight is 210 g/mol. The van der Waals surface area contributed by atoms with Gasteiger partial charge in [-0.2, -0.15) is 0 Å². The molecule has 2 unspecified atom stereocenters. The van der Waals surface area contributed by atoms with Crippen LogP contribution in [-0.4, -0.2) is 23.8 Å². The van der Waals surface area contributed by atoms with Crippen molar-refractivity contribution < 1.29 is 9.63 Å². The maximum atomic E-state index is 11.4. The van der Waals surface area contributed by atoms with Gasteiger partial charge in [0.2, 0.25) is 5.91 Å². The monoisotopic (exact) mass is 210 g/mol. The van der Waals surface area contributed by atoms with Gasteiger partial charge in [-0.1, -0.05) is 11.6 Å². The summed E-state index contributed by atoms with van der Waals surface area (Å²) in [7, 11) is 0. The summed E-state index contributed by atoms with van der Waals surface area (Å²) in [5, 5.41) is 6.98. The third-order valence-electron chi connectivity index (χ3n) is 3.00. The highest BCUT2D eigenvalue weighted by Gasteiger charge is 2.24. The van der Waals surface area contributed by atoms with E-state index >= 15 is 0 Å². The van der Waals surface area contributed by atoms with Crippen LogP contribution in [0.2, 0.25) is 0 Å². The number of rotatable bonds is 2. The number of oxime groups is 1. The van der Waals surface area contributed by atoms with Crippen LogP contribution in [0.4, 0.5) is 0 Å². The molecule has 1 amide bonds. The van der Waals surface area contributed by atoms with E-state index < -0.39 is 0 Å². The van der Waals surface area contributed by atoms with E-state index in [0.29, 0.717) is 6.42 Å². The summed E-state index contributed by atoms with van der Waals surface area (Å²) < 4.78 is 0. The standard InChI is InChI=1S/C11H18N2O2/c1-8-6-10(15-13-8)7-9-4-2-3-5-11(14)12-9/h9-10H,2-7H2,1H3,(H,12,14). The number of amides is 1. The van der Waals surface area contributed by atoms with E-state index in [4.69, 9.17) is 4.84 Å². The third kappa shape index (κ3) is 2.94. The van der Waals surface area contributed by atoms with Gasteiger partial charge in [0.05, 0.1) is 5.71 Å². The number of hydrogen-bond acceptors (Lipinski definition) is 3. The maximum absolute atomic E-state index is 11.4. The van der Waals surface area contributed by atoms with Gasteiger partial charge in [-0.25, -0.2) is 0 Å². The van der Waals surface area contributed by atoms with E-state index in [1.807, 2.05) is 6.92 Å². The molecule has 2 aliphatic heterocycles. The molecule has 1 N–H and O–H groups in total. The third-order valence-corrected chi connectivity index (χ3v) is 3.00. The van der Waals surface area contributed by atoms with E-state index in [-0.39, 0.29) is 18.1 Å². The van der Waals surface area contributed by atoms with Gasteiger partial charge in [0.25, 0.3) is 0 Å². The highest BCUT2D eigenvalue weighted by atomic mass is 16.6. The smallest absolute Gasteiger partial charge is 0.220 e. The number of hydrogen-bond donors (Lipinski definition) is 1. The summed E-state index contributed by atoms with van der Waals surface area (Å²) in [5.41, 5.74) is 1.06. The Balaban J connectivity index is 1.80. The fourth-order valence-electron chi connectivity index (χ4n) is 2.24. The van der Waals surface area contributed by atoms with Crippen LogP contribution >= 0.6 is 0 Å². The topological polar surface area (TPSA) is 50.7 Å². The van der Waals surface area contributed by atoms with Crippen LogP contribution < -0.4 is 5.32 Å². The number of nitrogens with one attached hydrogen (secondary N) is 1. The predicted octanol–water partition coefficient (Wildman–Crippen LogP) is 1.60. The van der Waals surface area contributed by atoms with Gasteiger partial charge < -0.3 is 10.2 Å². The molecule has 2 aliphatic rings. The minimum Gasteiger partial charge on any atom is -0.392 e. The normalized spacial score (nSPS) is 31.5. The molecule has 0 saturated carbocycles. The summed E-state index contributed by atoms with van der Waals surface area (Å²) >= 11 is 0. The molecule has 0 aliphatic carbocycles. The van der Waals surface area contributed by atoms with Crippen LogP contribution in [0.25, 0.3) is 0 Å². The van der Waals surface area contributed by atoms with Gasteiger partial charge in [-0.3, -0.25) is 4.79 Å².